The highest BCUT2D eigenvalue weighted by Crippen LogP contribution is 2.47. The van der Waals surface area contributed by atoms with Crippen molar-refractivity contribution >= 4 is 6.08 Å². The van der Waals surface area contributed by atoms with Gasteiger partial charge in [-0.3, -0.25) is 0 Å². The standard InChI is InChI=1S/C16H21NO/c1-4-13-6-7-14(12(2)3)15(10-13)16(17-11-18)8-5-9-16/h6-7,10,12H,4-5,8-9H2,1-3H3. The van der Waals surface area contributed by atoms with Crippen molar-refractivity contribution in [3.63, 3.8) is 0 Å². The van der Waals surface area contributed by atoms with Gasteiger partial charge in [-0.2, -0.15) is 4.99 Å². The van der Waals surface area contributed by atoms with Crippen LogP contribution in [-0.4, -0.2) is 6.08 Å². The molecule has 1 aromatic rings. The number of aryl methyl sites for hydroxylation is 1. The molecule has 2 nitrogen and oxygen atoms in total. The first-order chi connectivity index (χ1) is 8.63. The van der Waals surface area contributed by atoms with Crippen LogP contribution < -0.4 is 0 Å². The van der Waals surface area contributed by atoms with Crippen molar-refractivity contribution in [3.8, 4) is 0 Å². The Morgan fingerprint density at radius 2 is 2.11 bits per heavy atom. The Kier molecular flexibility index (Phi) is 3.68. The van der Waals surface area contributed by atoms with Crippen molar-refractivity contribution < 1.29 is 4.79 Å². The Hall–Kier alpha value is -1.40. The predicted molar refractivity (Wildman–Crippen MR) is 73.6 cm³/mol. The van der Waals surface area contributed by atoms with Crippen molar-refractivity contribution in [2.45, 2.75) is 57.9 Å². The Balaban J connectivity index is 2.55. The van der Waals surface area contributed by atoms with E-state index in [1.807, 2.05) is 0 Å². The average molecular weight is 243 g/mol. The van der Waals surface area contributed by atoms with Gasteiger partial charge in [0.1, 0.15) is 0 Å². The molecule has 0 spiro atoms. The van der Waals surface area contributed by atoms with E-state index >= 15 is 0 Å². The van der Waals surface area contributed by atoms with Crippen LogP contribution in [0.4, 0.5) is 0 Å². The molecule has 96 valence electrons. The zero-order valence-corrected chi connectivity index (χ0v) is 11.5. The molecule has 2 heteroatoms. The number of aliphatic imine (C=N–C) groups is 1. The van der Waals surface area contributed by atoms with Gasteiger partial charge in [0.2, 0.25) is 6.08 Å². The highest BCUT2D eigenvalue weighted by atomic mass is 16.1. The van der Waals surface area contributed by atoms with Gasteiger partial charge in [0.15, 0.2) is 0 Å². The maximum Gasteiger partial charge on any atom is 0.235 e. The number of carbonyl (C=O) groups excluding carboxylic acids is 1. The summed E-state index contributed by atoms with van der Waals surface area (Å²) in [5, 5.41) is 0. The maximum atomic E-state index is 10.7. The van der Waals surface area contributed by atoms with E-state index in [0.29, 0.717) is 5.92 Å². The third kappa shape index (κ3) is 2.13. The van der Waals surface area contributed by atoms with Gasteiger partial charge < -0.3 is 0 Å². The van der Waals surface area contributed by atoms with E-state index in [4.69, 9.17) is 0 Å². The Morgan fingerprint density at radius 3 is 2.56 bits per heavy atom. The molecule has 0 heterocycles. The van der Waals surface area contributed by atoms with E-state index in [2.05, 4.69) is 44.0 Å². The quantitative estimate of drug-likeness (QED) is 0.578. The summed E-state index contributed by atoms with van der Waals surface area (Å²) in [4.78, 5) is 14.9. The molecule has 1 aliphatic rings. The Bertz CT molecular complexity index is 480. The summed E-state index contributed by atoms with van der Waals surface area (Å²) >= 11 is 0. The molecule has 0 bridgehead atoms. The molecule has 1 aliphatic carbocycles. The van der Waals surface area contributed by atoms with E-state index in [1.54, 1.807) is 6.08 Å². The highest BCUT2D eigenvalue weighted by Gasteiger charge is 2.40. The van der Waals surface area contributed by atoms with E-state index < -0.39 is 0 Å². The van der Waals surface area contributed by atoms with Crippen LogP contribution in [0.2, 0.25) is 0 Å². The first-order valence-electron chi connectivity index (χ1n) is 6.85. The second kappa shape index (κ2) is 5.07. The molecule has 1 saturated carbocycles. The molecule has 1 aromatic carbocycles. The Labute approximate surface area is 109 Å². The fourth-order valence-electron chi connectivity index (χ4n) is 2.77. The van der Waals surface area contributed by atoms with Crippen molar-refractivity contribution in [2.75, 3.05) is 0 Å². The van der Waals surface area contributed by atoms with E-state index in [-0.39, 0.29) is 5.54 Å². The first-order valence-corrected chi connectivity index (χ1v) is 6.85. The summed E-state index contributed by atoms with van der Waals surface area (Å²) < 4.78 is 0. The molecule has 1 fully saturated rings. The molecular formula is C16H21NO. The molecule has 0 atom stereocenters. The molecular weight excluding hydrogens is 222 g/mol. The van der Waals surface area contributed by atoms with Gasteiger partial charge >= 0.3 is 0 Å². The number of rotatable bonds is 4. The molecule has 0 saturated heterocycles. The van der Waals surface area contributed by atoms with Crippen LogP contribution in [0.3, 0.4) is 0 Å². The average Bonchev–Trinajstić information content (AvgIpc) is 2.33. The van der Waals surface area contributed by atoms with Crippen molar-refractivity contribution in [3.05, 3.63) is 34.9 Å². The second-order valence-corrected chi connectivity index (χ2v) is 5.52. The van der Waals surface area contributed by atoms with E-state index in [0.717, 1.165) is 25.7 Å². The monoisotopic (exact) mass is 243 g/mol. The van der Waals surface area contributed by atoms with Gasteiger partial charge in [-0.05, 0) is 48.3 Å². The van der Waals surface area contributed by atoms with Gasteiger partial charge in [0.25, 0.3) is 0 Å². The fraction of sp³-hybridized carbons (Fsp3) is 0.562. The van der Waals surface area contributed by atoms with E-state index in [1.165, 1.54) is 16.7 Å². The normalized spacial score (nSPS) is 17.1. The minimum Gasteiger partial charge on any atom is -0.211 e. The molecule has 0 N–H and O–H groups in total. The van der Waals surface area contributed by atoms with Crippen LogP contribution in [0.25, 0.3) is 0 Å². The third-order valence-electron chi connectivity index (χ3n) is 4.09. The summed E-state index contributed by atoms with van der Waals surface area (Å²) in [5.41, 5.74) is 3.63. The lowest BCUT2D eigenvalue weighted by Gasteiger charge is -2.39. The van der Waals surface area contributed by atoms with Crippen LogP contribution in [0, 0.1) is 0 Å². The zero-order chi connectivity index (χ0) is 13.2. The Morgan fingerprint density at radius 1 is 1.39 bits per heavy atom. The molecule has 0 unspecified atom stereocenters. The van der Waals surface area contributed by atoms with E-state index in [9.17, 15) is 4.79 Å². The minimum atomic E-state index is -0.271. The zero-order valence-electron chi connectivity index (χ0n) is 11.5. The number of hydrogen-bond acceptors (Lipinski definition) is 2. The van der Waals surface area contributed by atoms with Crippen LogP contribution in [-0.2, 0) is 16.8 Å². The molecule has 18 heavy (non-hydrogen) atoms. The lowest BCUT2D eigenvalue weighted by Crippen LogP contribution is -2.33. The molecule has 0 amide bonds. The van der Waals surface area contributed by atoms with Crippen LogP contribution in [0.5, 0.6) is 0 Å². The van der Waals surface area contributed by atoms with Crippen molar-refractivity contribution in [1.82, 2.24) is 0 Å². The molecule has 2 rings (SSSR count). The summed E-state index contributed by atoms with van der Waals surface area (Å²) in [6.45, 7) is 6.55. The van der Waals surface area contributed by atoms with Gasteiger partial charge in [0, 0.05) is 0 Å². The summed E-state index contributed by atoms with van der Waals surface area (Å²) in [5.74, 6) is 0.463. The largest absolute Gasteiger partial charge is 0.235 e. The smallest absolute Gasteiger partial charge is 0.211 e. The van der Waals surface area contributed by atoms with Gasteiger partial charge in [-0.25, -0.2) is 4.79 Å². The number of benzene rings is 1. The lowest BCUT2D eigenvalue weighted by molar-refractivity contribution is 0.253. The molecule has 0 radical (unpaired) electrons. The summed E-state index contributed by atoms with van der Waals surface area (Å²) in [6, 6.07) is 6.64. The molecule has 0 aromatic heterocycles. The second-order valence-electron chi connectivity index (χ2n) is 5.52. The molecule has 0 aliphatic heterocycles. The minimum absolute atomic E-state index is 0.271. The van der Waals surface area contributed by atoms with Gasteiger partial charge in [-0.15, -0.1) is 0 Å². The van der Waals surface area contributed by atoms with Crippen LogP contribution >= 0.6 is 0 Å². The fourth-order valence-corrected chi connectivity index (χ4v) is 2.77. The topological polar surface area (TPSA) is 29.4 Å². The number of isocyanates is 1. The van der Waals surface area contributed by atoms with Gasteiger partial charge in [-0.1, -0.05) is 39.0 Å². The third-order valence-corrected chi connectivity index (χ3v) is 4.09. The number of nitrogens with zero attached hydrogens (tertiary/aromatic N) is 1. The van der Waals surface area contributed by atoms with Crippen molar-refractivity contribution in [2.24, 2.45) is 4.99 Å². The van der Waals surface area contributed by atoms with Gasteiger partial charge in [0.05, 0.1) is 5.54 Å². The lowest BCUT2D eigenvalue weighted by atomic mass is 9.69. The van der Waals surface area contributed by atoms with Crippen LogP contribution in [0.15, 0.2) is 23.2 Å². The summed E-state index contributed by atoms with van der Waals surface area (Å²) in [6.07, 6.45) is 5.92. The predicted octanol–water partition coefficient (Wildman–Crippen LogP) is 4.09. The highest BCUT2D eigenvalue weighted by molar-refractivity contribution is 5.45. The number of hydrogen-bond donors (Lipinski definition) is 0. The maximum absolute atomic E-state index is 10.7. The SMILES string of the molecule is CCc1ccc(C(C)C)c(C2(N=C=O)CCC2)c1. The first kappa shape index (κ1) is 13.0. The summed E-state index contributed by atoms with van der Waals surface area (Å²) in [7, 11) is 0. The van der Waals surface area contributed by atoms with Crippen molar-refractivity contribution in [1.29, 1.82) is 0 Å². The van der Waals surface area contributed by atoms with Crippen LogP contribution in [0.1, 0.15) is 62.6 Å².